The third-order valence-corrected chi connectivity index (χ3v) is 3.27. The van der Waals surface area contributed by atoms with E-state index in [1.165, 1.54) is 29.1 Å². The van der Waals surface area contributed by atoms with Gasteiger partial charge in [0.1, 0.15) is 11.6 Å². The predicted molar refractivity (Wildman–Crippen MR) is 78.1 cm³/mol. The lowest BCUT2D eigenvalue weighted by Gasteiger charge is -2.08. The number of ether oxygens (including phenoxy) is 1. The monoisotopic (exact) mass is 284 g/mol. The number of nitrogens with zero attached hydrogens (tertiary/aromatic N) is 2. The molecule has 0 aliphatic heterocycles. The van der Waals surface area contributed by atoms with Crippen LogP contribution in [0.4, 0.5) is 4.39 Å². The van der Waals surface area contributed by atoms with Crippen molar-refractivity contribution in [1.82, 2.24) is 9.55 Å². The van der Waals surface area contributed by atoms with E-state index in [2.05, 4.69) is 4.98 Å². The number of aromatic nitrogens is 2. The van der Waals surface area contributed by atoms with Crippen LogP contribution in [-0.4, -0.2) is 16.7 Å². The minimum atomic E-state index is -0.403. The first-order chi connectivity index (χ1) is 10.2. The van der Waals surface area contributed by atoms with Crippen LogP contribution < -0.4 is 10.3 Å². The lowest BCUT2D eigenvalue weighted by Crippen LogP contribution is -2.21. The third-order valence-electron chi connectivity index (χ3n) is 3.27. The van der Waals surface area contributed by atoms with Gasteiger partial charge < -0.3 is 4.74 Å². The molecule has 0 N–H and O–H groups in total. The first kappa shape index (κ1) is 13.3. The van der Waals surface area contributed by atoms with Crippen molar-refractivity contribution in [2.75, 3.05) is 7.11 Å². The SMILES string of the molecule is COc1cccc(Cn2cnc3cc(F)ccc3c2=O)c1. The molecule has 21 heavy (non-hydrogen) atoms. The molecule has 0 amide bonds. The van der Waals surface area contributed by atoms with Gasteiger partial charge in [-0.3, -0.25) is 9.36 Å². The quantitative estimate of drug-likeness (QED) is 0.742. The van der Waals surface area contributed by atoms with Gasteiger partial charge in [0.15, 0.2) is 0 Å². The molecule has 5 heteroatoms. The van der Waals surface area contributed by atoms with Gasteiger partial charge in [-0.15, -0.1) is 0 Å². The lowest BCUT2D eigenvalue weighted by atomic mass is 10.2. The smallest absolute Gasteiger partial charge is 0.261 e. The van der Waals surface area contributed by atoms with Crippen LogP contribution in [0.2, 0.25) is 0 Å². The number of hydrogen-bond acceptors (Lipinski definition) is 3. The summed E-state index contributed by atoms with van der Waals surface area (Å²) in [6.07, 6.45) is 1.43. The molecule has 0 aliphatic rings. The van der Waals surface area contributed by atoms with Crippen molar-refractivity contribution < 1.29 is 9.13 Å². The summed E-state index contributed by atoms with van der Waals surface area (Å²) in [5.74, 6) is 0.330. The summed E-state index contributed by atoms with van der Waals surface area (Å²) in [5, 5.41) is 0.404. The third kappa shape index (κ3) is 2.63. The zero-order valence-corrected chi connectivity index (χ0v) is 11.4. The Kier molecular flexibility index (Phi) is 3.39. The summed E-state index contributed by atoms with van der Waals surface area (Å²) in [7, 11) is 1.59. The molecule has 0 fully saturated rings. The van der Waals surface area contributed by atoms with E-state index in [9.17, 15) is 9.18 Å². The van der Waals surface area contributed by atoms with Crippen molar-refractivity contribution in [1.29, 1.82) is 0 Å². The van der Waals surface area contributed by atoms with E-state index in [1.807, 2.05) is 24.3 Å². The molecule has 0 radical (unpaired) electrons. The topological polar surface area (TPSA) is 44.1 Å². The Balaban J connectivity index is 2.03. The van der Waals surface area contributed by atoms with Crippen LogP contribution in [0.1, 0.15) is 5.56 Å². The standard InChI is InChI=1S/C16H13FN2O2/c1-21-13-4-2-3-11(7-13)9-19-10-18-15-8-12(17)5-6-14(15)16(19)20/h2-8,10H,9H2,1H3. The van der Waals surface area contributed by atoms with E-state index in [4.69, 9.17) is 4.74 Å². The number of rotatable bonds is 3. The fourth-order valence-corrected chi connectivity index (χ4v) is 2.21. The van der Waals surface area contributed by atoms with Crippen molar-refractivity contribution >= 4 is 10.9 Å². The molecule has 0 atom stereocenters. The Morgan fingerprint density at radius 2 is 2.10 bits per heavy atom. The molecular formula is C16H13FN2O2. The second-order valence-electron chi connectivity index (χ2n) is 4.69. The van der Waals surface area contributed by atoms with Crippen molar-refractivity contribution in [3.8, 4) is 5.75 Å². The fraction of sp³-hybridized carbons (Fsp3) is 0.125. The molecule has 0 saturated carbocycles. The van der Waals surface area contributed by atoms with Gasteiger partial charge in [-0.1, -0.05) is 12.1 Å². The van der Waals surface area contributed by atoms with E-state index in [-0.39, 0.29) is 5.56 Å². The highest BCUT2D eigenvalue weighted by atomic mass is 19.1. The van der Waals surface area contributed by atoms with E-state index in [0.29, 0.717) is 17.4 Å². The van der Waals surface area contributed by atoms with Crippen molar-refractivity contribution in [2.45, 2.75) is 6.54 Å². The molecule has 1 heterocycles. The van der Waals surface area contributed by atoms with Crippen LogP contribution in [0.5, 0.6) is 5.75 Å². The van der Waals surface area contributed by atoms with Gasteiger partial charge in [0, 0.05) is 6.07 Å². The van der Waals surface area contributed by atoms with Gasteiger partial charge in [0.25, 0.3) is 5.56 Å². The highest BCUT2D eigenvalue weighted by Crippen LogP contribution is 2.14. The second-order valence-corrected chi connectivity index (χ2v) is 4.69. The molecule has 4 nitrogen and oxygen atoms in total. The zero-order chi connectivity index (χ0) is 14.8. The van der Waals surface area contributed by atoms with Crippen molar-refractivity contribution in [3.63, 3.8) is 0 Å². The maximum absolute atomic E-state index is 13.1. The Bertz CT molecular complexity index is 858. The van der Waals surface area contributed by atoms with Crippen LogP contribution in [0.3, 0.4) is 0 Å². The molecule has 106 valence electrons. The Labute approximate surface area is 120 Å². The summed E-state index contributed by atoms with van der Waals surface area (Å²) in [4.78, 5) is 16.5. The maximum Gasteiger partial charge on any atom is 0.261 e. The Morgan fingerprint density at radius 1 is 1.24 bits per heavy atom. The average Bonchev–Trinajstić information content (AvgIpc) is 2.50. The van der Waals surface area contributed by atoms with Crippen LogP contribution in [0, 0.1) is 5.82 Å². The normalized spacial score (nSPS) is 10.8. The largest absolute Gasteiger partial charge is 0.497 e. The molecule has 0 spiro atoms. The highest BCUT2D eigenvalue weighted by molar-refractivity contribution is 5.77. The summed E-state index contributed by atoms with van der Waals surface area (Å²) < 4.78 is 19.8. The maximum atomic E-state index is 13.1. The van der Waals surface area contributed by atoms with E-state index in [1.54, 1.807) is 7.11 Å². The van der Waals surface area contributed by atoms with Gasteiger partial charge >= 0.3 is 0 Å². The fourth-order valence-electron chi connectivity index (χ4n) is 2.21. The van der Waals surface area contributed by atoms with Gasteiger partial charge in [-0.25, -0.2) is 9.37 Å². The first-order valence-electron chi connectivity index (χ1n) is 6.45. The van der Waals surface area contributed by atoms with Gasteiger partial charge in [0.2, 0.25) is 0 Å². The van der Waals surface area contributed by atoms with E-state index >= 15 is 0 Å². The number of fused-ring (bicyclic) bond motifs is 1. The van der Waals surface area contributed by atoms with Crippen molar-refractivity contribution in [2.24, 2.45) is 0 Å². The number of halogens is 1. The zero-order valence-electron chi connectivity index (χ0n) is 11.4. The highest BCUT2D eigenvalue weighted by Gasteiger charge is 2.06. The minimum absolute atomic E-state index is 0.192. The summed E-state index contributed by atoms with van der Waals surface area (Å²) >= 11 is 0. The molecule has 3 aromatic rings. The molecular weight excluding hydrogens is 271 g/mol. The molecule has 0 aliphatic carbocycles. The van der Waals surface area contributed by atoms with Crippen LogP contribution in [-0.2, 0) is 6.54 Å². The average molecular weight is 284 g/mol. The molecule has 1 aromatic heterocycles. The molecule has 0 bridgehead atoms. The number of methoxy groups -OCH3 is 1. The summed E-state index contributed by atoms with van der Waals surface area (Å²) in [5.41, 5.74) is 1.10. The van der Waals surface area contributed by atoms with Crippen molar-refractivity contribution in [3.05, 3.63) is 70.5 Å². The molecule has 0 unspecified atom stereocenters. The lowest BCUT2D eigenvalue weighted by molar-refractivity contribution is 0.414. The van der Waals surface area contributed by atoms with E-state index in [0.717, 1.165) is 11.3 Å². The molecule has 3 rings (SSSR count). The first-order valence-corrected chi connectivity index (χ1v) is 6.45. The summed E-state index contributed by atoms with van der Waals surface area (Å²) in [6, 6.07) is 11.5. The number of hydrogen-bond donors (Lipinski definition) is 0. The molecule has 2 aromatic carbocycles. The van der Waals surface area contributed by atoms with Crippen LogP contribution in [0.25, 0.3) is 10.9 Å². The minimum Gasteiger partial charge on any atom is -0.497 e. The van der Waals surface area contributed by atoms with Crippen LogP contribution in [0.15, 0.2) is 53.6 Å². The van der Waals surface area contributed by atoms with E-state index < -0.39 is 5.82 Å². The summed E-state index contributed by atoms with van der Waals surface area (Å²) in [6.45, 7) is 0.385. The van der Waals surface area contributed by atoms with Gasteiger partial charge in [0.05, 0.1) is 30.9 Å². The Morgan fingerprint density at radius 3 is 2.90 bits per heavy atom. The predicted octanol–water partition coefficient (Wildman–Crippen LogP) is 2.59. The molecule has 0 saturated heterocycles. The van der Waals surface area contributed by atoms with Crippen LogP contribution >= 0.6 is 0 Å². The number of benzene rings is 2. The van der Waals surface area contributed by atoms with Gasteiger partial charge in [-0.05, 0) is 29.8 Å². The second kappa shape index (κ2) is 5.36. The Hall–Kier alpha value is -2.69. The van der Waals surface area contributed by atoms with Gasteiger partial charge in [-0.2, -0.15) is 0 Å².